The van der Waals surface area contributed by atoms with Crippen LogP contribution < -0.4 is 0 Å². The van der Waals surface area contributed by atoms with Crippen LogP contribution in [0.4, 0.5) is 0 Å². The van der Waals surface area contributed by atoms with Gasteiger partial charge in [0, 0.05) is 0 Å². The molecule has 1 N–H and O–H groups in total. The molecule has 1 heteroatoms. The second-order valence-electron chi connectivity index (χ2n) is 4.52. The van der Waals surface area contributed by atoms with Crippen LogP contribution >= 0.6 is 0 Å². The van der Waals surface area contributed by atoms with E-state index in [4.69, 9.17) is 5.11 Å². The Kier molecular flexibility index (Phi) is 7.57. The van der Waals surface area contributed by atoms with Crippen LogP contribution in [0.1, 0.15) is 57.8 Å². The first kappa shape index (κ1) is 13.1. The third kappa shape index (κ3) is 7.33. The van der Waals surface area contributed by atoms with Gasteiger partial charge in [-0.15, -0.1) is 0 Å². The highest BCUT2D eigenvalue weighted by Gasteiger charge is 1.95. The summed E-state index contributed by atoms with van der Waals surface area (Å²) in [5, 5.41) is 8.63. The Morgan fingerprint density at radius 2 is 0.875 bits per heavy atom. The Morgan fingerprint density at radius 1 is 0.562 bits per heavy atom. The number of rotatable bonds is 0. The minimum Gasteiger partial charge on any atom is -0.508 e. The Hall–Kier alpha value is -0.980. The Balaban J connectivity index is 0.000000165. The predicted molar refractivity (Wildman–Crippen MR) is 69.7 cm³/mol. The molecule has 90 valence electrons. The molecule has 0 saturated heterocycles. The lowest BCUT2D eigenvalue weighted by Gasteiger charge is -1.93. The summed E-state index contributed by atoms with van der Waals surface area (Å²) < 4.78 is 0. The van der Waals surface area contributed by atoms with Gasteiger partial charge in [-0.25, -0.2) is 0 Å². The van der Waals surface area contributed by atoms with Crippen LogP contribution in [0.25, 0.3) is 0 Å². The smallest absolute Gasteiger partial charge is 0.115 e. The van der Waals surface area contributed by atoms with Gasteiger partial charge in [0.05, 0.1) is 0 Å². The fourth-order valence-electron chi connectivity index (χ4n) is 2.02. The highest BCUT2D eigenvalue weighted by atomic mass is 16.3. The summed E-state index contributed by atoms with van der Waals surface area (Å²) in [5.74, 6) is 0.322. The monoisotopic (exact) mass is 220 g/mol. The van der Waals surface area contributed by atoms with Crippen LogP contribution in [0.5, 0.6) is 5.75 Å². The molecule has 0 aliphatic heterocycles. The second-order valence-corrected chi connectivity index (χ2v) is 4.52. The molecule has 1 aliphatic carbocycles. The second kappa shape index (κ2) is 9.26. The van der Waals surface area contributed by atoms with Crippen molar-refractivity contribution in [3.8, 4) is 5.75 Å². The van der Waals surface area contributed by atoms with E-state index in [1.807, 2.05) is 6.07 Å². The Bertz CT molecular complexity index is 214. The van der Waals surface area contributed by atoms with E-state index in [1.54, 1.807) is 24.3 Å². The fraction of sp³-hybridized carbons (Fsp3) is 0.600. The Morgan fingerprint density at radius 3 is 1.06 bits per heavy atom. The molecule has 1 aromatic carbocycles. The van der Waals surface area contributed by atoms with Crippen molar-refractivity contribution in [2.45, 2.75) is 57.8 Å². The number of benzene rings is 1. The van der Waals surface area contributed by atoms with Crippen LogP contribution in [-0.2, 0) is 0 Å². The molecule has 1 aromatic rings. The number of para-hydroxylation sites is 1. The van der Waals surface area contributed by atoms with Crippen molar-refractivity contribution >= 4 is 0 Å². The van der Waals surface area contributed by atoms with Crippen molar-refractivity contribution in [2.24, 2.45) is 0 Å². The molecular formula is C15H24O. The lowest BCUT2D eigenvalue weighted by atomic mass is 10.1. The molecule has 0 atom stereocenters. The molecule has 0 heterocycles. The standard InChI is InChI=1S/C9H18.C6H6O/c1-2-4-6-8-9-7-5-3-1;7-6-4-2-1-3-5-6/h1-9H2;1-5,7H. The van der Waals surface area contributed by atoms with Crippen LogP contribution in [0.15, 0.2) is 30.3 Å². The van der Waals surface area contributed by atoms with Gasteiger partial charge in [0.25, 0.3) is 0 Å². The van der Waals surface area contributed by atoms with E-state index in [0.29, 0.717) is 5.75 Å². The van der Waals surface area contributed by atoms with Gasteiger partial charge in [-0.05, 0) is 12.1 Å². The summed E-state index contributed by atoms with van der Waals surface area (Å²) >= 11 is 0. The highest BCUT2D eigenvalue weighted by molar-refractivity contribution is 5.18. The van der Waals surface area contributed by atoms with Crippen LogP contribution in [0.2, 0.25) is 0 Å². The molecule has 1 saturated carbocycles. The number of phenolic OH excluding ortho intramolecular Hbond substituents is 1. The molecule has 1 fully saturated rings. The predicted octanol–water partition coefficient (Wildman–Crippen LogP) is 4.90. The van der Waals surface area contributed by atoms with E-state index in [1.165, 1.54) is 57.8 Å². The third-order valence-corrected chi connectivity index (χ3v) is 3.01. The third-order valence-electron chi connectivity index (χ3n) is 3.01. The first-order valence-corrected chi connectivity index (χ1v) is 6.63. The van der Waals surface area contributed by atoms with E-state index in [9.17, 15) is 0 Å². The minimum absolute atomic E-state index is 0.322. The van der Waals surface area contributed by atoms with Gasteiger partial charge in [0.15, 0.2) is 0 Å². The molecule has 0 unspecified atom stereocenters. The maximum absolute atomic E-state index is 8.63. The van der Waals surface area contributed by atoms with E-state index in [-0.39, 0.29) is 0 Å². The van der Waals surface area contributed by atoms with E-state index in [2.05, 4.69) is 0 Å². The van der Waals surface area contributed by atoms with Crippen LogP contribution in [-0.4, -0.2) is 5.11 Å². The summed E-state index contributed by atoms with van der Waals surface area (Å²) in [7, 11) is 0. The molecule has 0 spiro atoms. The first-order chi connectivity index (χ1) is 7.89. The molecule has 0 radical (unpaired) electrons. The van der Waals surface area contributed by atoms with Gasteiger partial charge in [0.2, 0.25) is 0 Å². The van der Waals surface area contributed by atoms with E-state index in [0.717, 1.165) is 0 Å². The van der Waals surface area contributed by atoms with E-state index >= 15 is 0 Å². The Labute approximate surface area is 99.5 Å². The fourth-order valence-corrected chi connectivity index (χ4v) is 2.02. The summed E-state index contributed by atoms with van der Waals surface area (Å²) in [6.45, 7) is 0. The van der Waals surface area contributed by atoms with Crippen molar-refractivity contribution in [3.05, 3.63) is 30.3 Å². The maximum Gasteiger partial charge on any atom is 0.115 e. The topological polar surface area (TPSA) is 20.2 Å². The molecule has 0 bridgehead atoms. The van der Waals surface area contributed by atoms with Crippen molar-refractivity contribution < 1.29 is 5.11 Å². The molecule has 2 rings (SSSR count). The number of phenols is 1. The van der Waals surface area contributed by atoms with Crippen molar-refractivity contribution in [2.75, 3.05) is 0 Å². The molecule has 16 heavy (non-hydrogen) atoms. The molecular weight excluding hydrogens is 196 g/mol. The average Bonchev–Trinajstić information content (AvgIpc) is 2.46. The van der Waals surface area contributed by atoms with Crippen molar-refractivity contribution in [3.63, 3.8) is 0 Å². The number of hydrogen-bond donors (Lipinski definition) is 1. The SMILES string of the molecule is C1CCCCCCCC1.Oc1ccccc1. The first-order valence-electron chi connectivity index (χ1n) is 6.63. The molecule has 1 aliphatic rings. The van der Waals surface area contributed by atoms with Crippen LogP contribution in [0.3, 0.4) is 0 Å². The maximum atomic E-state index is 8.63. The van der Waals surface area contributed by atoms with Gasteiger partial charge in [-0.2, -0.15) is 0 Å². The van der Waals surface area contributed by atoms with Gasteiger partial charge < -0.3 is 5.11 Å². The zero-order valence-electron chi connectivity index (χ0n) is 10.2. The van der Waals surface area contributed by atoms with Gasteiger partial charge in [-0.1, -0.05) is 76.0 Å². The molecule has 1 nitrogen and oxygen atoms in total. The average molecular weight is 220 g/mol. The number of aromatic hydroxyl groups is 1. The van der Waals surface area contributed by atoms with Gasteiger partial charge in [-0.3, -0.25) is 0 Å². The van der Waals surface area contributed by atoms with Gasteiger partial charge >= 0.3 is 0 Å². The van der Waals surface area contributed by atoms with Crippen LogP contribution in [0, 0.1) is 0 Å². The zero-order chi connectivity index (χ0) is 11.5. The lowest BCUT2D eigenvalue weighted by Crippen LogP contribution is -1.73. The van der Waals surface area contributed by atoms with Crippen molar-refractivity contribution in [1.82, 2.24) is 0 Å². The van der Waals surface area contributed by atoms with Gasteiger partial charge in [0.1, 0.15) is 5.75 Å². The molecule has 0 aromatic heterocycles. The lowest BCUT2D eigenvalue weighted by molar-refractivity contribution is 0.475. The number of hydrogen-bond acceptors (Lipinski definition) is 1. The van der Waals surface area contributed by atoms with Crippen molar-refractivity contribution in [1.29, 1.82) is 0 Å². The summed E-state index contributed by atoms with van der Waals surface area (Å²) in [6.07, 6.45) is 13.5. The minimum atomic E-state index is 0.322. The summed E-state index contributed by atoms with van der Waals surface area (Å²) in [4.78, 5) is 0. The van der Waals surface area contributed by atoms with E-state index < -0.39 is 0 Å². The quantitative estimate of drug-likeness (QED) is 0.659. The largest absolute Gasteiger partial charge is 0.508 e. The normalized spacial score (nSPS) is 17.2. The summed E-state index contributed by atoms with van der Waals surface area (Å²) in [6, 6.07) is 8.71. The molecule has 0 amide bonds. The highest BCUT2D eigenvalue weighted by Crippen LogP contribution is 2.15. The zero-order valence-corrected chi connectivity index (χ0v) is 10.2. The summed E-state index contributed by atoms with van der Waals surface area (Å²) in [5.41, 5.74) is 0.